The van der Waals surface area contributed by atoms with E-state index in [0.717, 1.165) is 0 Å². The van der Waals surface area contributed by atoms with Crippen LogP contribution in [0.3, 0.4) is 0 Å². The number of hydrogen-bond donors (Lipinski definition) is 2. The first-order valence-electron chi connectivity index (χ1n) is 5.91. The molecule has 2 rings (SSSR count). The van der Waals surface area contributed by atoms with E-state index >= 15 is 0 Å². The summed E-state index contributed by atoms with van der Waals surface area (Å²) < 4.78 is 26.3. The Kier molecular flexibility index (Phi) is 2.55. The molecule has 0 aromatic heterocycles. The Bertz CT molecular complexity index is 336. The number of carbonyl (C=O) groups is 1. The smallest absolute Gasteiger partial charge is 0.312 e. The van der Waals surface area contributed by atoms with Crippen molar-refractivity contribution >= 4 is 5.97 Å². The lowest BCUT2D eigenvalue weighted by atomic mass is 9.72. The lowest BCUT2D eigenvalue weighted by Gasteiger charge is -2.37. The second kappa shape index (κ2) is 3.40. The zero-order valence-corrected chi connectivity index (χ0v) is 10.0. The lowest BCUT2D eigenvalue weighted by molar-refractivity contribution is -0.165. The van der Waals surface area contributed by atoms with Gasteiger partial charge in [-0.3, -0.25) is 4.79 Å². The van der Waals surface area contributed by atoms with Gasteiger partial charge in [-0.15, -0.1) is 0 Å². The first-order chi connectivity index (χ1) is 7.57. The minimum Gasteiger partial charge on any atom is -0.481 e. The molecule has 2 aliphatic carbocycles. The fourth-order valence-corrected chi connectivity index (χ4v) is 3.32. The highest BCUT2D eigenvalue weighted by Gasteiger charge is 2.61. The Morgan fingerprint density at radius 2 is 1.59 bits per heavy atom. The number of aliphatic carboxylic acids is 1. The summed E-state index contributed by atoms with van der Waals surface area (Å²) in [5, 5.41) is 19.6. The number of halogens is 2. The topological polar surface area (TPSA) is 57.5 Å². The minimum absolute atomic E-state index is 0.173. The van der Waals surface area contributed by atoms with Gasteiger partial charge in [-0.05, 0) is 38.5 Å². The molecule has 0 aromatic carbocycles. The molecule has 0 bridgehead atoms. The Balaban J connectivity index is 2.17. The molecule has 0 radical (unpaired) electrons. The van der Waals surface area contributed by atoms with Crippen molar-refractivity contribution in [2.75, 3.05) is 0 Å². The van der Waals surface area contributed by atoms with Crippen molar-refractivity contribution in [3.63, 3.8) is 0 Å². The number of alkyl halides is 2. The summed E-state index contributed by atoms with van der Waals surface area (Å²) in [6, 6.07) is 0. The third-order valence-corrected chi connectivity index (χ3v) is 4.69. The monoisotopic (exact) mass is 248 g/mol. The van der Waals surface area contributed by atoms with Gasteiger partial charge in [-0.2, -0.15) is 0 Å². The average Bonchev–Trinajstić information content (AvgIpc) is 2.54. The highest BCUT2D eigenvalue weighted by atomic mass is 19.3. The van der Waals surface area contributed by atoms with E-state index < -0.39 is 22.9 Å². The summed E-state index contributed by atoms with van der Waals surface area (Å²) in [6.07, 6.45) is -0.0789. The normalized spacial score (nSPS) is 40.3. The SMILES string of the molecule is CC(C)(C(=O)O)C1(O)CC2CC(F)(F)CC2C1. The zero-order valence-electron chi connectivity index (χ0n) is 10.0. The number of fused-ring (bicyclic) bond motifs is 1. The molecule has 2 atom stereocenters. The number of rotatable bonds is 2. The summed E-state index contributed by atoms with van der Waals surface area (Å²) in [5.41, 5.74) is -2.64. The van der Waals surface area contributed by atoms with Crippen LogP contribution in [-0.2, 0) is 4.79 Å². The van der Waals surface area contributed by atoms with Crippen LogP contribution in [0.4, 0.5) is 8.78 Å². The van der Waals surface area contributed by atoms with E-state index in [0.29, 0.717) is 0 Å². The van der Waals surface area contributed by atoms with Gasteiger partial charge >= 0.3 is 5.97 Å². The summed E-state index contributed by atoms with van der Waals surface area (Å²) in [7, 11) is 0. The summed E-state index contributed by atoms with van der Waals surface area (Å²) in [4.78, 5) is 11.2. The van der Waals surface area contributed by atoms with Crippen LogP contribution in [0.15, 0.2) is 0 Å². The fraction of sp³-hybridized carbons (Fsp3) is 0.917. The quantitative estimate of drug-likeness (QED) is 0.788. The lowest BCUT2D eigenvalue weighted by Crippen LogP contribution is -2.48. The predicted molar refractivity (Wildman–Crippen MR) is 56.8 cm³/mol. The van der Waals surface area contributed by atoms with Crippen LogP contribution in [0.25, 0.3) is 0 Å². The first-order valence-corrected chi connectivity index (χ1v) is 5.91. The van der Waals surface area contributed by atoms with E-state index in [-0.39, 0.29) is 37.5 Å². The van der Waals surface area contributed by atoms with Crippen molar-refractivity contribution < 1.29 is 23.8 Å². The summed E-state index contributed by atoms with van der Waals surface area (Å²) in [6.45, 7) is 2.93. The van der Waals surface area contributed by atoms with Crippen molar-refractivity contribution in [1.82, 2.24) is 0 Å². The molecule has 2 aliphatic rings. The molecule has 5 heteroatoms. The average molecular weight is 248 g/mol. The zero-order chi connectivity index (χ0) is 13.1. The molecule has 2 N–H and O–H groups in total. The van der Waals surface area contributed by atoms with Gasteiger partial charge in [0.05, 0.1) is 11.0 Å². The Labute approximate surface area is 98.8 Å². The molecule has 0 aliphatic heterocycles. The highest BCUT2D eigenvalue weighted by molar-refractivity contribution is 5.75. The highest BCUT2D eigenvalue weighted by Crippen LogP contribution is 2.58. The molecule has 0 heterocycles. The molecule has 0 saturated heterocycles. The van der Waals surface area contributed by atoms with E-state index in [1.54, 1.807) is 0 Å². The fourth-order valence-electron chi connectivity index (χ4n) is 3.32. The molecule has 98 valence electrons. The molecule has 0 aromatic rings. The van der Waals surface area contributed by atoms with Gasteiger partial charge in [-0.1, -0.05) is 0 Å². The second-order valence-corrected chi connectivity index (χ2v) is 6.15. The summed E-state index contributed by atoms with van der Waals surface area (Å²) >= 11 is 0. The molecule has 2 saturated carbocycles. The van der Waals surface area contributed by atoms with E-state index in [4.69, 9.17) is 5.11 Å². The maximum absolute atomic E-state index is 13.2. The third kappa shape index (κ3) is 1.84. The Hall–Kier alpha value is -0.710. The van der Waals surface area contributed by atoms with Crippen LogP contribution in [0.1, 0.15) is 39.5 Å². The van der Waals surface area contributed by atoms with Crippen LogP contribution < -0.4 is 0 Å². The number of carboxylic acid groups (broad SMARTS) is 1. The third-order valence-electron chi connectivity index (χ3n) is 4.69. The van der Waals surface area contributed by atoms with Crippen molar-refractivity contribution in [2.24, 2.45) is 17.3 Å². The van der Waals surface area contributed by atoms with E-state index in [1.165, 1.54) is 13.8 Å². The Morgan fingerprint density at radius 1 is 1.18 bits per heavy atom. The van der Waals surface area contributed by atoms with Crippen molar-refractivity contribution in [2.45, 2.75) is 51.1 Å². The van der Waals surface area contributed by atoms with Gasteiger partial charge in [0, 0.05) is 12.8 Å². The van der Waals surface area contributed by atoms with Gasteiger partial charge in [0.25, 0.3) is 0 Å². The molecule has 2 fully saturated rings. The van der Waals surface area contributed by atoms with Crippen LogP contribution in [0.2, 0.25) is 0 Å². The number of hydrogen-bond acceptors (Lipinski definition) is 2. The van der Waals surface area contributed by atoms with Gasteiger partial charge < -0.3 is 10.2 Å². The van der Waals surface area contributed by atoms with Crippen LogP contribution in [0, 0.1) is 17.3 Å². The van der Waals surface area contributed by atoms with Crippen molar-refractivity contribution in [3.05, 3.63) is 0 Å². The molecule has 0 spiro atoms. The van der Waals surface area contributed by atoms with Crippen LogP contribution in [-0.4, -0.2) is 27.7 Å². The maximum atomic E-state index is 13.2. The van der Waals surface area contributed by atoms with E-state index in [1.807, 2.05) is 0 Å². The summed E-state index contributed by atoms with van der Waals surface area (Å²) in [5.74, 6) is -4.20. The van der Waals surface area contributed by atoms with E-state index in [9.17, 15) is 18.7 Å². The molecule has 0 amide bonds. The van der Waals surface area contributed by atoms with Gasteiger partial charge in [0.15, 0.2) is 0 Å². The van der Waals surface area contributed by atoms with Crippen LogP contribution >= 0.6 is 0 Å². The number of aliphatic hydroxyl groups is 1. The second-order valence-electron chi connectivity index (χ2n) is 6.15. The minimum atomic E-state index is -2.63. The molecular weight excluding hydrogens is 230 g/mol. The van der Waals surface area contributed by atoms with Crippen molar-refractivity contribution in [1.29, 1.82) is 0 Å². The molecule has 3 nitrogen and oxygen atoms in total. The first kappa shape index (κ1) is 12.7. The Morgan fingerprint density at radius 3 is 1.94 bits per heavy atom. The number of carboxylic acids is 1. The standard InChI is InChI=1S/C12H18F2O3/c1-10(2,9(15)16)11(17)3-7-5-12(13,14)6-8(7)4-11/h7-8,17H,3-6H2,1-2H3,(H,15,16). The van der Waals surface area contributed by atoms with Gasteiger partial charge in [0.1, 0.15) is 0 Å². The van der Waals surface area contributed by atoms with Gasteiger partial charge in [0.2, 0.25) is 5.92 Å². The maximum Gasteiger partial charge on any atom is 0.312 e. The molecule has 17 heavy (non-hydrogen) atoms. The largest absolute Gasteiger partial charge is 0.481 e. The van der Waals surface area contributed by atoms with Gasteiger partial charge in [-0.25, -0.2) is 8.78 Å². The van der Waals surface area contributed by atoms with Crippen molar-refractivity contribution in [3.8, 4) is 0 Å². The van der Waals surface area contributed by atoms with E-state index in [2.05, 4.69) is 0 Å². The molecule has 2 unspecified atom stereocenters. The predicted octanol–water partition coefficient (Wildman–Crippen LogP) is 2.28. The molecular formula is C12H18F2O3. The van der Waals surface area contributed by atoms with Crippen LogP contribution in [0.5, 0.6) is 0 Å².